The van der Waals surface area contributed by atoms with E-state index in [2.05, 4.69) is 0 Å². The fraction of sp³-hybridized carbons (Fsp3) is 0.571. The number of hydrogen-bond donors (Lipinski definition) is 0. The summed E-state index contributed by atoms with van der Waals surface area (Å²) < 4.78 is 58.7. The quantitative estimate of drug-likeness (QED) is 0.261. The molecule has 0 aliphatic rings. The van der Waals surface area contributed by atoms with Crippen molar-refractivity contribution < 1.29 is 67.4 Å². The summed E-state index contributed by atoms with van der Waals surface area (Å²) in [5, 5.41) is 17.6. The number of carboxylic acids is 2. The molecule has 18 heteroatoms. The Bertz CT molecular complexity index is 417. The Labute approximate surface area is 174 Å². The molecule has 25 heavy (non-hydrogen) atoms. The molecule has 152 valence electrons. The molecule has 0 saturated carbocycles. The first-order valence-corrected chi connectivity index (χ1v) is 6.56. The fourth-order valence-corrected chi connectivity index (χ4v) is 1.45. The number of alkyl halides is 12. The van der Waals surface area contributed by atoms with E-state index in [1.165, 1.54) is 0 Å². The maximum Gasteiger partial charge on any atom is 2.00 e. The molecule has 0 saturated heterocycles. The summed E-state index contributed by atoms with van der Waals surface area (Å²) in [7, 11) is 0. The maximum atomic E-state index is 10.7. The summed E-state index contributed by atoms with van der Waals surface area (Å²) in [6, 6.07) is 0. The Morgan fingerprint density at radius 3 is 0.720 bits per heavy atom. The number of rotatable bonds is 0. The molecular weight excluding hydrogens is 549 g/mol. The van der Waals surface area contributed by atoms with Crippen molar-refractivity contribution in [2.45, 2.75) is 19.9 Å². The summed E-state index contributed by atoms with van der Waals surface area (Å²) in [5.74, 6) is -7.10. The van der Waals surface area contributed by atoms with Crippen LogP contribution in [0.5, 0.6) is 0 Å². The Hall–Kier alpha value is 0.424. The first-order valence-electron chi connectivity index (χ1n) is 4.29. The number of aliphatic carboxylic acids is 2. The third-order valence-electron chi connectivity index (χ3n) is 0.978. The van der Waals surface area contributed by atoms with Crippen LogP contribution in [0.1, 0.15) is 0 Å². The van der Waals surface area contributed by atoms with Gasteiger partial charge in [-0.05, 0) is 0 Å². The van der Waals surface area contributed by atoms with Crippen LogP contribution in [0.15, 0.2) is 0 Å². The molecule has 0 aliphatic heterocycles. The molecule has 0 fully saturated rings. The zero-order valence-electron chi connectivity index (χ0n) is 10.4. The largest absolute Gasteiger partial charge is 2.00 e. The zero-order chi connectivity index (χ0) is 20.7. The summed E-state index contributed by atoms with van der Waals surface area (Å²) in [5.41, 5.74) is 0. The van der Waals surface area contributed by atoms with Gasteiger partial charge in [0.15, 0.2) is 0 Å². The standard InChI is InChI=1S/C3Cl6O.2C2HF3O2.Ni/c4-2(5,6)1(10)3(7,8)9;2*3-2(4,5)1(6)7;/h;2*(H,6,7);/q;;;+2/p-2. The van der Waals surface area contributed by atoms with E-state index in [1.807, 2.05) is 0 Å². The molecule has 0 spiro atoms. The number of Topliss-reactive ketones (excluding diaryl/α,β-unsaturated/α-hetero) is 1. The van der Waals surface area contributed by atoms with Crippen LogP contribution in [0, 0.1) is 0 Å². The monoisotopic (exact) mass is 546 g/mol. The van der Waals surface area contributed by atoms with Gasteiger partial charge in [-0.3, -0.25) is 4.79 Å². The van der Waals surface area contributed by atoms with Gasteiger partial charge in [-0.15, -0.1) is 0 Å². The molecule has 0 atom stereocenters. The first-order chi connectivity index (χ1) is 10.0. The third kappa shape index (κ3) is 20.6. The predicted octanol–water partition coefficient (Wildman–Crippen LogP) is 1.89. The van der Waals surface area contributed by atoms with Gasteiger partial charge in [0.2, 0.25) is 5.78 Å². The summed E-state index contributed by atoms with van der Waals surface area (Å²) in [6.45, 7) is 0. The van der Waals surface area contributed by atoms with Gasteiger partial charge >= 0.3 is 28.8 Å². The second kappa shape index (κ2) is 12.0. The molecule has 0 aliphatic carbocycles. The van der Waals surface area contributed by atoms with Crippen molar-refractivity contribution in [2.75, 3.05) is 0 Å². The first kappa shape index (κ1) is 33.0. The normalized spacial score (nSPS) is 11.7. The van der Waals surface area contributed by atoms with Gasteiger partial charge in [0.05, 0.1) is 0 Å². The molecule has 0 rings (SSSR count). The van der Waals surface area contributed by atoms with E-state index in [0.717, 1.165) is 0 Å². The van der Waals surface area contributed by atoms with Crippen molar-refractivity contribution >= 4 is 87.3 Å². The topological polar surface area (TPSA) is 97.3 Å². The van der Waals surface area contributed by atoms with Crippen LogP contribution in [0.3, 0.4) is 0 Å². The molecule has 0 aromatic rings. The molecule has 5 nitrogen and oxygen atoms in total. The second-order valence-corrected chi connectivity index (χ2v) is 7.46. The van der Waals surface area contributed by atoms with Crippen LogP contribution in [-0.4, -0.2) is 37.7 Å². The number of hydrogen-bond acceptors (Lipinski definition) is 5. The summed E-state index contributed by atoms with van der Waals surface area (Å²) >= 11 is 30.6. The van der Waals surface area contributed by atoms with Gasteiger partial charge in [0.25, 0.3) is 7.59 Å². The molecule has 0 amide bonds. The maximum absolute atomic E-state index is 10.7. The van der Waals surface area contributed by atoms with Gasteiger partial charge in [0, 0.05) is 0 Å². The van der Waals surface area contributed by atoms with E-state index in [1.54, 1.807) is 0 Å². The molecule has 0 heterocycles. The minimum absolute atomic E-state index is 0. The Morgan fingerprint density at radius 2 is 0.720 bits per heavy atom. The molecule has 0 unspecified atom stereocenters. The van der Waals surface area contributed by atoms with Crippen molar-refractivity contribution in [3.63, 3.8) is 0 Å². The SMILES string of the molecule is O=C(C(Cl)(Cl)Cl)C(Cl)(Cl)Cl.O=C([O-])C(F)(F)F.O=C([O-])C(F)(F)F.[Ni+2]. The van der Waals surface area contributed by atoms with Crippen molar-refractivity contribution in [2.24, 2.45) is 0 Å². The van der Waals surface area contributed by atoms with E-state index in [0.29, 0.717) is 0 Å². The van der Waals surface area contributed by atoms with Gasteiger partial charge in [-0.25, -0.2) is 0 Å². The number of carboxylic acid groups (broad SMARTS) is 2. The van der Waals surface area contributed by atoms with Crippen LogP contribution < -0.4 is 10.2 Å². The average Bonchev–Trinajstić information content (AvgIpc) is 2.24. The van der Waals surface area contributed by atoms with Crippen molar-refractivity contribution in [1.29, 1.82) is 0 Å². The van der Waals surface area contributed by atoms with Crippen molar-refractivity contribution in [1.82, 2.24) is 0 Å². The minimum atomic E-state index is -5.19. The summed E-state index contributed by atoms with van der Waals surface area (Å²) in [4.78, 5) is 28.3. The predicted molar refractivity (Wildman–Crippen MR) is 67.7 cm³/mol. The Balaban J connectivity index is -0.000000133. The number of ketones is 1. The minimum Gasteiger partial charge on any atom is -0.542 e. The second-order valence-electron chi connectivity index (χ2n) is 2.90. The van der Waals surface area contributed by atoms with E-state index in [9.17, 15) is 31.1 Å². The number of carbonyl (C=O) groups is 3. The fourth-order valence-electron chi connectivity index (χ4n) is 0.161. The Kier molecular flexibility index (Phi) is 15.9. The van der Waals surface area contributed by atoms with Crippen LogP contribution in [0.2, 0.25) is 0 Å². The molecule has 0 N–H and O–H groups in total. The van der Waals surface area contributed by atoms with Crippen LogP contribution >= 0.6 is 69.6 Å². The van der Waals surface area contributed by atoms with Crippen molar-refractivity contribution in [3.05, 3.63) is 0 Å². The molecule has 0 radical (unpaired) electrons. The third-order valence-corrected chi connectivity index (χ3v) is 2.01. The van der Waals surface area contributed by atoms with Gasteiger partial charge < -0.3 is 19.8 Å². The molecule has 0 aromatic carbocycles. The van der Waals surface area contributed by atoms with Crippen LogP contribution in [0.25, 0.3) is 0 Å². The zero-order valence-corrected chi connectivity index (χ0v) is 15.9. The molecule has 0 bridgehead atoms. The van der Waals surface area contributed by atoms with E-state index >= 15 is 0 Å². The van der Waals surface area contributed by atoms with Crippen molar-refractivity contribution in [3.8, 4) is 0 Å². The van der Waals surface area contributed by atoms with Gasteiger partial charge in [0.1, 0.15) is 11.9 Å². The van der Waals surface area contributed by atoms with E-state index < -0.39 is 37.7 Å². The van der Waals surface area contributed by atoms with Gasteiger partial charge in [-0.2, -0.15) is 26.3 Å². The van der Waals surface area contributed by atoms with E-state index in [4.69, 9.17) is 89.4 Å². The van der Waals surface area contributed by atoms with E-state index in [-0.39, 0.29) is 16.5 Å². The summed E-state index contributed by atoms with van der Waals surface area (Å²) in [6.07, 6.45) is -10.4. The van der Waals surface area contributed by atoms with Crippen LogP contribution in [-0.2, 0) is 30.9 Å². The van der Waals surface area contributed by atoms with Gasteiger partial charge in [-0.1, -0.05) is 69.6 Å². The average molecular weight is 549 g/mol. The smallest absolute Gasteiger partial charge is 0.542 e. The number of halogens is 12. The molecular formula is C7Cl6F6NiO5. The number of carbonyl (C=O) groups excluding carboxylic acids is 3. The van der Waals surface area contributed by atoms with Crippen LogP contribution in [0.4, 0.5) is 26.3 Å². The Morgan fingerprint density at radius 1 is 0.600 bits per heavy atom. The molecule has 0 aromatic heterocycles.